The summed E-state index contributed by atoms with van der Waals surface area (Å²) in [5, 5.41) is 7.00. The van der Waals surface area contributed by atoms with Crippen molar-refractivity contribution in [3.05, 3.63) is 102 Å². The molecule has 9 heteroatoms. The minimum Gasteiger partial charge on any atom is -0.348 e. The van der Waals surface area contributed by atoms with Crippen molar-refractivity contribution in [3.63, 3.8) is 0 Å². The molecule has 33 heavy (non-hydrogen) atoms. The summed E-state index contributed by atoms with van der Waals surface area (Å²) in [7, 11) is -3.84. The first-order valence-electron chi connectivity index (χ1n) is 10.3. The topological polar surface area (TPSA) is 106 Å². The van der Waals surface area contributed by atoms with E-state index in [0.29, 0.717) is 22.6 Å². The normalized spacial score (nSPS) is 11.2. The monoisotopic (exact) mass is 461 g/mol. The number of carbonyl (C=O) groups is 1. The third-order valence-electron chi connectivity index (χ3n) is 5.07. The molecule has 168 valence electrons. The summed E-state index contributed by atoms with van der Waals surface area (Å²) in [6.45, 7) is 3.95. The number of pyridine rings is 1. The largest absolute Gasteiger partial charge is 0.348 e. The lowest BCUT2D eigenvalue weighted by molar-refractivity contribution is 0.0950. The molecule has 4 aromatic rings. The molecule has 2 heterocycles. The standard InChI is InChI=1S/C24H23N5O3S/c1-17-4-7-20(8-5-17)28-33(31,32)21-9-6-18(2)22(15-21)24(30)26-16-19-10-12-25-23(14-19)29-13-3-11-27-29/h3-15,28H,16H2,1-2H3,(H,26,30). The second-order valence-corrected chi connectivity index (χ2v) is 9.29. The highest BCUT2D eigenvalue weighted by Crippen LogP contribution is 2.20. The lowest BCUT2D eigenvalue weighted by Crippen LogP contribution is -2.24. The van der Waals surface area contributed by atoms with Gasteiger partial charge in [-0.2, -0.15) is 5.10 Å². The molecule has 0 spiro atoms. The number of aromatic nitrogens is 3. The number of amides is 1. The predicted molar refractivity (Wildman–Crippen MR) is 126 cm³/mol. The van der Waals surface area contributed by atoms with Crippen LogP contribution in [0.4, 0.5) is 5.69 Å². The van der Waals surface area contributed by atoms with Crippen LogP contribution in [0.15, 0.2) is 84.1 Å². The minimum absolute atomic E-state index is 0.0173. The van der Waals surface area contributed by atoms with Crippen molar-refractivity contribution < 1.29 is 13.2 Å². The van der Waals surface area contributed by atoms with Crippen molar-refractivity contribution in [2.75, 3.05) is 4.72 Å². The number of nitrogens with one attached hydrogen (secondary N) is 2. The highest BCUT2D eigenvalue weighted by atomic mass is 32.2. The highest BCUT2D eigenvalue weighted by molar-refractivity contribution is 7.92. The number of hydrogen-bond acceptors (Lipinski definition) is 5. The lowest BCUT2D eigenvalue weighted by Gasteiger charge is -2.12. The smallest absolute Gasteiger partial charge is 0.261 e. The Morgan fingerprint density at radius 3 is 2.52 bits per heavy atom. The average Bonchev–Trinajstić information content (AvgIpc) is 3.34. The molecule has 1 amide bonds. The zero-order valence-electron chi connectivity index (χ0n) is 18.2. The van der Waals surface area contributed by atoms with E-state index in [2.05, 4.69) is 20.1 Å². The van der Waals surface area contributed by atoms with Crippen LogP contribution in [0.3, 0.4) is 0 Å². The fourth-order valence-corrected chi connectivity index (χ4v) is 4.31. The third-order valence-corrected chi connectivity index (χ3v) is 6.45. The van der Waals surface area contributed by atoms with Gasteiger partial charge in [0.25, 0.3) is 15.9 Å². The van der Waals surface area contributed by atoms with Crippen molar-refractivity contribution in [1.82, 2.24) is 20.1 Å². The Morgan fingerprint density at radius 1 is 1.00 bits per heavy atom. The van der Waals surface area contributed by atoms with Gasteiger partial charge in [0.05, 0.1) is 4.90 Å². The van der Waals surface area contributed by atoms with Crippen LogP contribution in [0, 0.1) is 13.8 Å². The first-order valence-corrected chi connectivity index (χ1v) is 11.7. The van der Waals surface area contributed by atoms with E-state index in [1.165, 1.54) is 12.1 Å². The summed E-state index contributed by atoms with van der Waals surface area (Å²) in [5.41, 5.74) is 3.29. The van der Waals surface area contributed by atoms with Crippen LogP contribution in [-0.4, -0.2) is 29.1 Å². The van der Waals surface area contributed by atoms with Crippen molar-refractivity contribution in [2.45, 2.75) is 25.3 Å². The van der Waals surface area contributed by atoms with Crippen LogP contribution >= 0.6 is 0 Å². The molecule has 0 aliphatic heterocycles. The summed E-state index contributed by atoms with van der Waals surface area (Å²) in [4.78, 5) is 17.2. The van der Waals surface area contributed by atoms with Gasteiger partial charge in [-0.15, -0.1) is 0 Å². The molecule has 8 nitrogen and oxygen atoms in total. The van der Waals surface area contributed by atoms with Gasteiger partial charge in [0.1, 0.15) is 0 Å². The van der Waals surface area contributed by atoms with Crippen molar-refractivity contribution in [1.29, 1.82) is 0 Å². The van der Waals surface area contributed by atoms with E-state index in [1.807, 2.05) is 25.1 Å². The Bertz CT molecular complexity index is 1380. The number of sulfonamides is 1. The highest BCUT2D eigenvalue weighted by Gasteiger charge is 2.18. The lowest BCUT2D eigenvalue weighted by atomic mass is 10.1. The number of nitrogens with zero attached hydrogens (tertiary/aromatic N) is 3. The van der Waals surface area contributed by atoms with Gasteiger partial charge < -0.3 is 5.32 Å². The van der Waals surface area contributed by atoms with Crippen LogP contribution < -0.4 is 10.0 Å². The quantitative estimate of drug-likeness (QED) is 0.437. The molecule has 0 bridgehead atoms. The predicted octanol–water partition coefficient (Wildman–Crippen LogP) is 3.61. The summed E-state index contributed by atoms with van der Waals surface area (Å²) in [5.74, 6) is 0.274. The Morgan fingerprint density at radius 2 is 1.79 bits per heavy atom. The van der Waals surface area contributed by atoms with Crippen LogP contribution in [0.2, 0.25) is 0 Å². The van der Waals surface area contributed by atoms with Gasteiger partial charge in [0.2, 0.25) is 0 Å². The number of benzene rings is 2. The van der Waals surface area contributed by atoms with E-state index >= 15 is 0 Å². The zero-order chi connectivity index (χ0) is 23.4. The van der Waals surface area contributed by atoms with Gasteiger partial charge in [-0.3, -0.25) is 9.52 Å². The second-order valence-electron chi connectivity index (χ2n) is 7.60. The molecule has 2 N–H and O–H groups in total. The maximum Gasteiger partial charge on any atom is 0.261 e. The molecule has 0 radical (unpaired) electrons. The molecular formula is C24H23N5O3S. The van der Waals surface area contributed by atoms with Gasteiger partial charge in [-0.25, -0.2) is 18.1 Å². The van der Waals surface area contributed by atoms with Crippen LogP contribution in [0.5, 0.6) is 0 Å². The van der Waals surface area contributed by atoms with E-state index in [1.54, 1.807) is 60.5 Å². The van der Waals surface area contributed by atoms with E-state index in [9.17, 15) is 13.2 Å². The maximum absolute atomic E-state index is 12.9. The van der Waals surface area contributed by atoms with Gasteiger partial charge in [-0.1, -0.05) is 23.8 Å². The van der Waals surface area contributed by atoms with Crippen molar-refractivity contribution in [2.24, 2.45) is 0 Å². The van der Waals surface area contributed by atoms with Crippen LogP contribution in [-0.2, 0) is 16.6 Å². The van der Waals surface area contributed by atoms with E-state index in [4.69, 9.17) is 0 Å². The number of anilines is 1. The number of rotatable bonds is 7. The molecule has 0 aliphatic carbocycles. The zero-order valence-corrected chi connectivity index (χ0v) is 19.0. The van der Waals surface area contributed by atoms with Crippen LogP contribution in [0.1, 0.15) is 27.0 Å². The van der Waals surface area contributed by atoms with Gasteiger partial charge in [0.15, 0.2) is 5.82 Å². The fraction of sp³-hybridized carbons (Fsp3) is 0.125. The Labute approximate surface area is 192 Å². The van der Waals surface area contributed by atoms with Gasteiger partial charge in [-0.05, 0) is 67.4 Å². The number of aryl methyl sites for hydroxylation is 2. The summed E-state index contributed by atoms with van der Waals surface area (Å²) >= 11 is 0. The molecule has 0 saturated carbocycles. The van der Waals surface area contributed by atoms with Crippen molar-refractivity contribution in [3.8, 4) is 5.82 Å². The van der Waals surface area contributed by atoms with E-state index in [-0.39, 0.29) is 17.3 Å². The molecular weight excluding hydrogens is 438 g/mol. The Hall–Kier alpha value is -3.98. The van der Waals surface area contributed by atoms with E-state index in [0.717, 1.165) is 11.1 Å². The molecule has 2 aromatic heterocycles. The third kappa shape index (κ3) is 5.27. The average molecular weight is 462 g/mol. The SMILES string of the molecule is Cc1ccc(NS(=O)(=O)c2ccc(C)c(C(=O)NCc3ccnc(-n4cccn4)c3)c2)cc1. The molecule has 4 rings (SSSR count). The van der Waals surface area contributed by atoms with Crippen LogP contribution in [0.25, 0.3) is 5.82 Å². The minimum atomic E-state index is -3.84. The summed E-state index contributed by atoms with van der Waals surface area (Å²) in [6, 6.07) is 17.0. The summed E-state index contributed by atoms with van der Waals surface area (Å²) < 4.78 is 29.9. The van der Waals surface area contributed by atoms with E-state index < -0.39 is 10.0 Å². The molecule has 0 saturated heterocycles. The summed E-state index contributed by atoms with van der Waals surface area (Å²) in [6.07, 6.45) is 5.09. The molecule has 0 unspecified atom stereocenters. The van der Waals surface area contributed by atoms with Crippen molar-refractivity contribution >= 4 is 21.6 Å². The molecule has 0 fully saturated rings. The first-order chi connectivity index (χ1) is 15.8. The Balaban J connectivity index is 1.50. The number of hydrogen-bond donors (Lipinski definition) is 2. The Kier molecular flexibility index (Phi) is 6.23. The maximum atomic E-state index is 12.9. The fourth-order valence-electron chi connectivity index (χ4n) is 3.23. The first kappa shape index (κ1) is 22.2. The number of carbonyl (C=O) groups excluding carboxylic acids is 1. The second kappa shape index (κ2) is 9.25. The molecule has 2 aromatic carbocycles. The van der Waals surface area contributed by atoms with Gasteiger partial charge >= 0.3 is 0 Å². The molecule has 0 aliphatic rings. The molecule has 0 atom stereocenters. The van der Waals surface area contributed by atoms with Gasteiger partial charge in [0, 0.05) is 36.4 Å².